The van der Waals surface area contributed by atoms with Crippen molar-refractivity contribution in [3.63, 3.8) is 0 Å². The smallest absolute Gasteiger partial charge is 0.0204 e. The van der Waals surface area contributed by atoms with Gasteiger partial charge in [-0.3, -0.25) is 0 Å². The van der Waals surface area contributed by atoms with E-state index in [4.69, 9.17) is 0 Å². The molecule has 0 aliphatic heterocycles. The van der Waals surface area contributed by atoms with Crippen molar-refractivity contribution in [3.05, 3.63) is 36.5 Å². The minimum atomic E-state index is 0.862. The molecule has 0 radical (unpaired) electrons. The van der Waals surface area contributed by atoms with E-state index in [0.29, 0.717) is 0 Å². The first-order valence-electron chi connectivity index (χ1n) is 3.34. The highest BCUT2D eigenvalue weighted by atomic mass is 14.8. The third kappa shape index (κ3) is 3.25. The van der Waals surface area contributed by atoms with E-state index in [1.807, 2.05) is 20.0 Å². The summed E-state index contributed by atoms with van der Waals surface area (Å²) >= 11 is 0. The van der Waals surface area contributed by atoms with Crippen molar-refractivity contribution in [2.45, 2.75) is 6.92 Å². The Morgan fingerprint density at radius 2 is 2.20 bits per heavy atom. The Hall–Kier alpha value is -0.820. The van der Waals surface area contributed by atoms with Crippen molar-refractivity contribution in [3.8, 4) is 0 Å². The Bertz CT molecular complexity index is 154. The van der Waals surface area contributed by atoms with E-state index in [-0.39, 0.29) is 0 Å². The predicted octanol–water partition coefficient (Wildman–Crippen LogP) is 1.89. The lowest BCUT2D eigenvalue weighted by atomic mass is 10.1. The van der Waals surface area contributed by atoms with Crippen LogP contribution in [0.4, 0.5) is 0 Å². The third-order valence-corrected chi connectivity index (χ3v) is 1.23. The Balaban J connectivity index is 4.11. The molecule has 1 N–H and O–H groups in total. The van der Waals surface area contributed by atoms with Gasteiger partial charge in [0.1, 0.15) is 0 Å². The normalized spacial score (nSPS) is 11.2. The van der Waals surface area contributed by atoms with Gasteiger partial charge in [0.05, 0.1) is 0 Å². The zero-order valence-electron chi connectivity index (χ0n) is 6.78. The highest BCUT2D eigenvalue weighted by Crippen LogP contribution is 2.04. The molecule has 1 nitrogen and oxygen atoms in total. The van der Waals surface area contributed by atoms with Crippen LogP contribution in [0.3, 0.4) is 0 Å². The Kier molecular flexibility index (Phi) is 4.59. The molecule has 0 saturated heterocycles. The molecule has 0 fully saturated rings. The van der Waals surface area contributed by atoms with E-state index in [9.17, 15) is 0 Å². The lowest BCUT2D eigenvalue weighted by molar-refractivity contribution is 0.886. The summed E-state index contributed by atoms with van der Waals surface area (Å²) in [6, 6.07) is 0. The molecule has 0 heterocycles. The van der Waals surface area contributed by atoms with E-state index in [1.54, 1.807) is 6.08 Å². The van der Waals surface area contributed by atoms with Crippen molar-refractivity contribution in [2.75, 3.05) is 13.6 Å². The van der Waals surface area contributed by atoms with Gasteiger partial charge in [-0.15, -0.1) is 0 Å². The topological polar surface area (TPSA) is 12.0 Å². The maximum atomic E-state index is 3.84. The second kappa shape index (κ2) is 5.00. The van der Waals surface area contributed by atoms with Gasteiger partial charge in [-0.25, -0.2) is 0 Å². The molecular weight excluding hydrogens is 122 g/mol. The summed E-state index contributed by atoms with van der Waals surface area (Å²) in [7, 11) is 1.92. The summed E-state index contributed by atoms with van der Waals surface area (Å²) in [5.41, 5.74) is 2.30. The summed E-state index contributed by atoms with van der Waals surface area (Å²) in [6.07, 6.45) is 3.75. The van der Waals surface area contributed by atoms with Crippen LogP contribution in [0, 0.1) is 0 Å². The van der Waals surface area contributed by atoms with Gasteiger partial charge in [-0.2, -0.15) is 0 Å². The molecule has 0 aliphatic rings. The van der Waals surface area contributed by atoms with Crippen LogP contribution < -0.4 is 5.32 Å². The standard InChI is InChI=1S/C9H15N/c1-5-6-9(7-10-4)8(2)3/h5-6,10H,1-2,7H2,3-4H3/b9-6-. The molecule has 0 aromatic carbocycles. The molecule has 0 amide bonds. The molecular formula is C9H15N. The van der Waals surface area contributed by atoms with Crippen LogP contribution in [-0.4, -0.2) is 13.6 Å². The second-order valence-electron chi connectivity index (χ2n) is 2.24. The van der Waals surface area contributed by atoms with Crippen molar-refractivity contribution >= 4 is 0 Å². The van der Waals surface area contributed by atoms with Gasteiger partial charge in [-0.1, -0.05) is 30.9 Å². The van der Waals surface area contributed by atoms with E-state index in [2.05, 4.69) is 18.5 Å². The van der Waals surface area contributed by atoms with Crippen molar-refractivity contribution < 1.29 is 0 Å². The lowest BCUT2D eigenvalue weighted by Crippen LogP contribution is -2.10. The van der Waals surface area contributed by atoms with Gasteiger partial charge < -0.3 is 5.32 Å². The number of hydrogen-bond donors (Lipinski definition) is 1. The highest BCUT2D eigenvalue weighted by molar-refractivity contribution is 5.30. The first-order chi connectivity index (χ1) is 4.72. The fourth-order valence-electron chi connectivity index (χ4n) is 0.685. The molecule has 0 saturated carbocycles. The molecule has 56 valence electrons. The van der Waals surface area contributed by atoms with Crippen LogP contribution in [0.25, 0.3) is 0 Å². The summed E-state index contributed by atoms with van der Waals surface area (Å²) in [5, 5.41) is 3.06. The average molecular weight is 137 g/mol. The molecule has 0 aliphatic carbocycles. The summed E-state index contributed by atoms with van der Waals surface area (Å²) in [6.45, 7) is 10.3. The maximum Gasteiger partial charge on any atom is 0.0204 e. The van der Waals surface area contributed by atoms with Gasteiger partial charge >= 0.3 is 0 Å². The highest BCUT2D eigenvalue weighted by Gasteiger charge is 1.92. The largest absolute Gasteiger partial charge is 0.316 e. The Morgan fingerprint density at radius 3 is 2.50 bits per heavy atom. The number of hydrogen-bond acceptors (Lipinski definition) is 1. The number of rotatable bonds is 4. The zero-order chi connectivity index (χ0) is 7.98. The molecule has 0 atom stereocenters. The van der Waals surface area contributed by atoms with Crippen LogP contribution in [0.1, 0.15) is 6.92 Å². The van der Waals surface area contributed by atoms with Crippen molar-refractivity contribution in [2.24, 2.45) is 0 Å². The lowest BCUT2D eigenvalue weighted by Gasteiger charge is -2.03. The van der Waals surface area contributed by atoms with E-state index in [0.717, 1.165) is 12.1 Å². The molecule has 10 heavy (non-hydrogen) atoms. The SMILES string of the molecule is C=C/C=C(/CNC)C(=C)C. The molecule has 0 rings (SSSR count). The summed E-state index contributed by atoms with van der Waals surface area (Å²) in [4.78, 5) is 0. The first kappa shape index (κ1) is 9.18. The summed E-state index contributed by atoms with van der Waals surface area (Å²) < 4.78 is 0. The minimum absolute atomic E-state index is 0.862. The van der Waals surface area contributed by atoms with Crippen molar-refractivity contribution in [1.29, 1.82) is 0 Å². The second-order valence-corrected chi connectivity index (χ2v) is 2.24. The average Bonchev–Trinajstić information content (AvgIpc) is 1.87. The van der Waals surface area contributed by atoms with Crippen LogP contribution in [0.2, 0.25) is 0 Å². The quantitative estimate of drug-likeness (QED) is 0.583. The first-order valence-corrected chi connectivity index (χ1v) is 3.34. The predicted molar refractivity (Wildman–Crippen MR) is 47.0 cm³/mol. The van der Waals surface area contributed by atoms with E-state index in [1.165, 1.54) is 5.57 Å². The number of allylic oxidation sites excluding steroid dienone is 2. The van der Waals surface area contributed by atoms with Crippen molar-refractivity contribution in [1.82, 2.24) is 5.32 Å². The summed E-state index contributed by atoms with van der Waals surface area (Å²) in [5.74, 6) is 0. The van der Waals surface area contributed by atoms with Gasteiger partial charge in [0, 0.05) is 6.54 Å². The fraction of sp³-hybridized carbons (Fsp3) is 0.333. The van der Waals surface area contributed by atoms with E-state index < -0.39 is 0 Å². The Labute approximate surface area is 63.1 Å². The van der Waals surface area contributed by atoms with Crippen LogP contribution in [0.5, 0.6) is 0 Å². The minimum Gasteiger partial charge on any atom is -0.316 e. The van der Waals surface area contributed by atoms with Gasteiger partial charge in [0.25, 0.3) is 0 Å². The number of nitrogens with one attached hydrogen (secondary N) is 1. The molecule has 0 aromatic heterocycles. The number of likely N-dealkylation sites (N-methyl/N-ethyl adjacent to an activating group) is 1. The monoisotopic (exact) mass is 137 g/mol. The van der Waals surface area contributed by atoms with E-state index >= 15 is 0 Å². The molecule has 0 bridgehead atoms. The molecule has 0 unspecified atom stereocenters. The van der Waals surface area contributed by atoms with Gasteiger partial charge in [0.2, 0.25) is 0 Å². The van der Waals surface area contributed by atoms with Gasteiger partial charge in [-0.05, 0) is 19.5 Å². The third-order valence-electron chi connectivity index (χ3n) is 1.23. The van der Waals surface area contributed by atoms with Crippen LogP contribution >= 0.6 is 0 Å². The Morgan fingerprint density at radius 1 is 1.60 bits per heavy atom. The fourth-order valence-corrected chi connectivity index (χ4v) is 0.685. The van der Waals surface area contributed by atoms with Crippen LogP contribution in [-0.2, 0) is 0 Å². The van der Waals surface area contributed by atoms with Crippen LogP contribution in [0.15, 0.2) is 36.5 Å². The van der Waals surface area contributed by atoms with Gasteiger partial charge in [0.15, 0.2) is 0 Å². The molecule has 1 heteroatoms. The molecule has 0 aromatic rings. The zero-order valence-corrected chi connectivity index (χ0v) is 6.78. The molecule has 0 spiro atoms. The maximum absolute atomic E-state index is 3.84.